The third-order valence-corrected chi connectivity index (χ3v) is 6.31. The van der Waals surface area contributed by atoms with Crippen molar-refractivity contribution in [2.24, 2.45) is 13.0 Å². The van der Waals surface area contributed by atoms with Crippen LogP contribution in [-0.4, -0.2) is 36.3 Å². The summed E-state index contributed by atoms with van der Waals surface area (Å²) in [7, 11) is -3.55. The molecule has 1 fully saturated rings. The average Bonchev–Trinajstić information content (AvgIpc) is 2.82. The maximum Gasteiger partial charge on any atom is 0.435 e. The van der Waals surface area contributed by atoms with Crippen LogP contribution in [0.3, 0.4) is 0 Å². The Morgan fingerprint density at radius 2 is 1.78 bits per heavy atom. The number of sulfone groups is 1. The molecule has 5 nitrogen and oxygen atoms in total. The molecule has 23 heavy (non-hydrogen) atoms. The van der Waals surface area contributed by atoms with Gasteiger partial charge in [0.05, 0.1) is 0 Å². The maximum absolute atomic E-state index is 15.0. The van der Waals surface area contributed by atoms with Gasteiger partial charge in [-0.05, 0) is 32.9 Å². The number of alkyl halides is 4. The largest absolute Gasteiger partial charge is 0.435 e. The smallest absolute Gasteiger partial charge is 0.317 e. The van der Waals surface area contributed by atoms with Crippen LogP contribution in [0.25, 0.3) is 0 Å². The summed E-state index contributed by atoms with van der Waals surface area (Å²) in [6.45, 7) is 1.86. The molecule has 2 heterocycles. The monoisotopic (exact) mass is 379 g/mol. The molecule has 0 radical (unpaired) electrons. The lowest BCUT2D eigenvalue weighted by Gasteiger charge is -2.33. The first kappa shape index (κ1) is 20.2. The van der Waals surface area contributed by atoms with Gasteiger partial charge in [0.1, 0.15) is 0 Å². The number of hydrogen-bond donors (Lipinski definition) is 1. The molecule has 0 amide bonds. The van der Waals surface area contributed by atoms with Gasteiger partial charge in [0, 0.05) is 19.0 Å². The van der Waals surface area contributed by atoms with E-state index in [0.29, 0.717) is 36.7 Å². The van der Waals surface area contributed by atoms with Crippen LogP contribution in [0.1, 0.15) is 25.5 Å². The summed E-state index contributed by atoms with van der Waals surface area (Å²) in [6, 6.07) is 0.383. The van der Waals surface area contributed by atoms with Gasteiger partial charge in [0.2, 0.25) is 14.8 Å². The molecule has 1 aromatic rings. The Morgan fingerprint density at radius 1 is 1.26 bits per heavy atom. The summed E-state index contributed by atoms with van der Waals surface area (Å²) >= 11 is 0. The summed E-state index contributed by atoms with van der Waals surface area (Å²) in [5.41, 5.74) is -1.35. The van der Waals surface area contributed by atoms with Crippen molar-refractivity contribution in [2.45, 2.75) is 36.0 Å². The van der Waals surface area contributed by atoms with Gasteiger partial charge in [-0.1, -0.05) is 0 Å². The zero-order chi connectivity index (χ0) is 16.8. The highest BCUT2D eigenvalue weighted by molar-refractivity contribution is 7.92. The van der Waals surface area contributed by atoms with Gasteiger partial charge in [-0.2, -0.15) is 18.3 Å². The van der Waals surface area contributed by atoms with Gasteiger partial charge in [0.25, 0.3) is 0 Å². The highest BCUT2D eigenvalue weighted by Gasteiger charge is 2.50. The molecular weight excluding hydrogens is 362 g/mol. The zero-order valence-corrected chi connectivity index (χ0v) is 14.2. The average molecular weight is 380 g/mol. The minimum Gasteiger partial charge on any atom is -0.317 e. The molecule has 0 unspecified atom stereocenters. The summed E-state index contributed by atoms with van der Waals surface area (Å²) in [6.07, 6.45) is -4.18. The Hall–Kier alpha value is -0.870. The zero-order valence-electron chi connectivity index (χ0n) is 12.5. The van der Waals surface area contributed by atoms with Crippen LogP contribution >= 0.6 is 12.4 Å². The summed E-state index contributed by atoms with van der Waals surface area (Å²) < 4.78 is 78.5. The van der Waals surface area contributed by atoms with Gasteiger partial charge in [-0.3, -0.25) is 4.68 Å². The van der Waals surface area contributed by atoms with E-state index in [2.05, 4.69) is 10.4 Å². The fourth-order valence-electron chi connectivity index (χ4n) is 2.60. The van der Waals surface area contributed by atoms with E-state index in [-0.39, 0.29) is 12.4 Å². The molecule has 0 bridgehead atoms. The van der Waals surface area contributed by atoms with E-state index in [9.17, 15) is 26.0 Å². The molecule has 134 valence electrons. The molecule has 1 aromatic heterocycles. The van der Waals surface area contributed by atoms with Crippen LogP contribution < -0.4 is 5.32 Å². The molecule has 0 aromatic carbocycles. The highest BCUT2D eigenvalue weighted by Crippen LogP contribution is 2.39. The van der Waals surface area contributed by atoms with Crippen LogP contribution in [0.5, 0.6) is 0 Å². The molecule has 1 aliphatic heterocycles. The highest BCUT2D eigenvalue weighted by atomic mass is 35.5. The molecular formula is C12H18ClF4N3O2S. The molecule has 1 N–H and O–H groups in total. The van der Waals surface area contributed by atoms with E-state index >= 15 is 0 Å². The SMILES string of the molecule is Cl.Cn1nc(C(F)(F)F)cc1S(=O)(=O)[C@@](C)(F)C1CCNCC1. The van der Waals surface area contributed by atoms with Gasteiger partial charge >= 0.3 is 6.18 Å². The summed E-state index contributed by atoms with van der Waals surface area (Å²) in [5, 5.41) is 2.72. The van der Waals surface area contributed by atoms with E-state index in [1.807, 2.05) is 0 Å². The third kappa shape index (κ3) is 3.63. The molecule has 0 aliphatic carbocycles. The Bertz CT molecular complexity index is 652. The minimum atomic E-state index is -4.78. The lowest BCUT2D eigenvalue weighted by Crippen LogP contribution is -2.44. The quantitative estimate of drug-likeness (QED) is 0.819. The second-order valence-electron chi connectivity index (χ2n) is 5.50. The number of nitrogens with zero attached hydrogens (tertiary/aromatic N) is 2. The van der Waals surface area contributed by atoms with E-state index in [1.54, 1.807) is 0 Å². The third-order valence-electron chi connectivity index (χ3n) is 4.00. The van der Waals surface area contributed by atoms with Gasteiger partial charge < -0.3 is 5.32 Å². The van der Waals surface area contributed by atoms with Crippen LogP contribution in [0, 0.1) is 5.92 Å². The van der Waals surface area contributed by atoms with Crippen molar-refractivity contribution < 1.29 is 26.0 Å². The first-order chi connectivity index (χ1) is 9.98. The topological polar surface area (TPSA) is 64.0 Å². The standard InChI is InChI=1S/C12H17F4N3O2S.ClH/c1-11(13,8-3-5-17-6-4-8)22(20,21)10-7-9(12(14,15)16)18-19(10)2;/h7-8,17H,3-6H2,1-2H3;1H/t11-;/m1./s1. The molecule has 1 saturated heterocycles. The van der Waals surface area contributed by atoms with E-state index in [1.165, 1.54) is 0 Å². The van der Waals surface area contributed by atoms with Gasteiger partial charge in [-0.15, -0.1) is 12.4 Å². The fourth-order valence-corrected chi connectivity index (χ4v) is 4.34. The van der Waals surface area contributed by atoms with E-state index < -0.39 is 37.7 Å². The van der Waals surface area contributed by atoms with Crippen molar-refractivity contribution in [1.29, 1.82) is 0 Å². The number of aromatic nitrogens is 2. The number of hydrogen-bond acceptors (Lipinski definition) is 4. The van der Waals surface area contributed by atoms with Crippen LogP contribution in [-0.2, 0) is 23.1 Å². The number of piperidine rings is 1. The fraction of sp³-hybridized carbons (Fsp3) is 0.750. The molecule has 0 saturated carbocycles. The minimum absolute atomic E-state index is 0. The lowest BCUT2D eigenvalue weighted by molar-refractivity contribution is -0.141. The normalized spacial score (nSPS) is 19.9. The van der Waals surface area contributed by atoms with Crippen LogP contribution in [0.2, 0.25) is 0 Å². The van der Waals surface area contributed by atoms with Gasteiger partial charge in [-0.25, -0.2) is 12.8 Å². The Morgan fingerprint density at radius 3 is 2.22 bits per heavy atom. The van der Waals surface area contributed by atoms with Crippen molar-refractivity contribution in [3.63, 3.8) is 0 Å². The predicted octanol–water partition coefficient (Wildman–Crippen LogP) is 2.32. The Kier molecular flexibility index (Phi) is 5.75. The first-order valence-corrected chi connectivity index (χ1v) is 8.21. The van der Waals surface area contributed by atoms with E-state index in [0.717, 1.165) is 14.0 Å². The van der Waals surface area contributed by atoms with Crippen LogP contribution in [0.4, 0.5) is 17.6 Å². The Balaban J connectivity index is 0.00000264. The molecule has 0 spiro atoms. The molecule has 1 aliphatic rings. The number of halogens is 5. The van der Waals surface area contributed by atoms with Gasteiger partial charge in [0.15, 0.2) is 10.7 Å². The van der Waals surface area contributed by atoms with Crippen molar-refractivity contribution in [1.82, 2.24) is 15.1 Å². The molecule has 1 atom stereocenters. The van der Waals surface area contributed by atoms with Crippen molar-refractivity contribution in [3.8, 4) is 0 Å². The number of aryl methyl sites for hydroxylation is 1. The second-order valence-corrected chi connectivity index (χ2v) is 7.73. The molecule has 2 rings (SSSR count). The predicted molar refractivity (Wildman–Crippen MR) is 77.8 cm³/mol. The maximum atomic E-state index is 15.0. The van der Waals surface area contributed by atoms with E-state index in [4.69, 9.17) is 0 Å². The Labute approximate surface area is 137 Å². The van der Waals surface area contributed by atoms with Crippen molar-refractivity contribution in [3.05, 3.63) is 11.8 Å². The molecule has 11 heteroatoms. The summed E-state index contributed by atoms with van der Waals surface area (Å²) in [5.74, 6) is -0.775. The second kappa shape index (κ2) is 6.56. The number of nitrogens with one attached hydrogen (secondary N) is 1. The van der Waals surface area contributed by atoms with Crippen molar-refractivity contribution >= 4 is 22.2 Å². The first-order valence-electron chi connectivity index (χ1n) is 6.73. The number of rotatable bonds is 3. The lowest BCUT2D eigenvalue weighted by atomic mass is 9.93. The summed E-state index contributed by atoms with van der Waals surface area (Å²) in [4.78, 5) is 0. The van der Waals surface area contributed by atoms with Crippen molar-refractivity contribution in [2.75, 3.05) is 13.1 Å². The van der Waals surface area contributed by atoms with Crippen LogP contribution in [0.15, 0.2) is 11.1 Å².